The molecule has 1 N–H and O–H groups in total. The molecule has 1 fully saturated rings. The van der Waals surface area contributed by atoms with E-state index >= 15 is 0 Å². The van der Waals surface area contributed by atoms with E-state index in [2.05, 4.69) is 44.9 Å². The molecule has 144 valence electrons. The predicted molar refractivity (Wildman–Crippen MR) is 107 cm³/mol. The van der Waals surface area contributed by atoms with E-state index in [4.69, 9.17) is 0 Å². The number of nitrogens with zero attached hydrogens (tertiary/aromatic N) is 5. The third-order valence-corrected chi connectivity index (χ3v) is 4.96. The van der Waals surface area contributed by atoms with Gasteiger partial charge in [0, 0.05) is 19.3 Å². The van der Waals surface area contributed by atoms with Gasteiger partial charge in [0.05, 0.1) is 5.69 Å². The number of nitrogens with one attached hydrogen (secondary N) is 1. The minimum Gasteiger partial charge on any atom is -0.357 e. The van der Waals surface area contributed by atoms with Gasteiger partial charge in [-0.15, -0.1) is 10.2 Å². The Bertz CT molecular complexity index is 922. The van der Waals surface area contributed by atoms with Crippen molar-refractivity contribution >= 4 is 11.7 Å². The highest BCUT2D eigenvalue weighted by Crippen LogP contribution is 2.17. The molecule has 3 heterocycles. The number of carbonyl (C=O) groups is 1. The molecule has 0 radical (unpaired) electrons. The van der Waals surface area contributed by atoms with Gasteiger partial charge in [0.15, 0.2) is 5.82 Å². The molecule has 1 aromatic carbocycles. The monoisotopic (exact) mass is 376 g/mol. The highest BCUT2D eigenvalue weighted by Gasteiger charge is 2.31. The molecule has 2 aromatic heterocycles. The van der Waals surface area contributed by atoms with E-state index in [-0.39, 0.29) is 11.9 Å². The first-order valence-corrected chi connectivity index (χ1v) is 9.65. The summed E-state index contributed by atoms with van der Waals surface area (Å²) in [5.74, 6) is 1.40. The third kappa shape index (κ3) is 4.19. The Morgan fingerprint density at radius 2 is 1.96 bits per heavy atom. The Morgan fingerprint density at radius 3 is 2.68 bits per heavy atom. The summed E-state index contributed by atoms with van der Waals surface area (Å²) in [5, 5.41) is 15.9. The number of amides is 1. The smallest absolute Gasteiger partial charge is 0.245 e. The van der Waals surface area contributed by atoms with Gasteiger partial charge in [-0.2, -0.15) is 5.10 Å². The van der Waals surface area contributed by atoms with Gasteiger partial charge < -0.3 is 10.2 Å². The Kier molecular flexibility index (Phi) is 5.32. The SMILES string of the molecule is Cc1ccn(-c2ccc(NC3CCN(CCCc4ccccc4)C3=O)nn2)n1. The van der Waals surface area contributed by atoms with E-state index in [1.807, 2.05) is 42.3 Å². The molecule has 7 nitrogen and oxygen atoms in total. The van der Waals surface area contributed by atoms with Crippen LogP contribution in [0.2, 0.25) is 0 Å². The van der Waals surface area contributed by atoms with Gasteiger partial charge in [0.1, 0.15) is 11.9 Å². The van der Waals surface area contributed by atoms with Crippen molar-refractivity contribution in [2.75, 3.05) is 18.4 Å². The summed E-state index contributed by atoms with van der Waals surface area (Å²) >= 11 is 0. The molecule has 3 aromatic rings. The van der Waals surface area contributed by atoms with Crippen LogP contribution in [0.5, 0.6) is 0 Å². The van der Waals surface area contributed by atoms with Gasteiger partial charge in [-0.3, -0.25) is 4.79 Å². The van der Waals surface area contributed by atoms with E-state index in [1.165, 1.54) is 5.56 Å². The number of benzene rings is 1. The van der Waals surface area contributed by atoms with Crippen LogP contribution in [0.25, 0.3) is 5.82 Å². The van der Waals surface area contributed by atoms with Crippen molar-refractivity contribution in [1.29, 1.82) is 0 Å². The average molecular weight is 376 g/mol. The fourth-order valence-corrected chi connectivity index (χ4v) is 3.46. The molecule has 0 spiro atoms. The van der Waals surface area contributed by atoms with Crippen LogP contribution in [0.1, 0.15) is 24.1 Å². The van der Waals surface area contributed by atoms with Crippen molar-refractivity contribution in [3.05, 3.63) is 66.0 Å². The van der Waals surface area contributed by atoms with Crippen molar-refractivity contribution in [3.63, 3.8) is 0 Å². The first kappa shape index (κ1) is 18.2. The number of likely N-dealkylation sites (tertiary alicyclic amines) is 1. The topological polar surface area (TPSA) is 75.9 Å². The number of carbonyl (C=O) groups excluding carboxylic acids is 1. The normalized spacial score (nSPS) is 16.5. The number of hydrogen-bond donors (Lipinski definition) is 1. The van der Waals surface area contributed by atoms with Gasteiger partial charge in [0.2, 0.25) is 5.91 Å². The highest BCUT2D eigenvalue weighted by molar-refractivity contribution is 5.86. The summed E-state index contributed by atoms with van der Waals surface area (Å²) in [5.41, 5.74) is 2.24. The minimum absolute atomic E-state index is 0.140. The molecular weight excluding hydrogens is 352 g/mol. The molecule has 7 heteroatoms. The van der Waals surface area contributed by atoms with Crippen LogP contribution in [-0.2, 0) is 11.2 Å². The van der Waals surface area contributed by atoms with Crippen molar-refractivity contribution in [2.24, 2.45) is 0 Å². The lowest BCUT2D eigenvalue weighted by atomic mass is 10.1. The maximum atomic E-state index is 12.6. The zero-order valence-corrected chi connectivity index (χ0v) is 16.0. The Morgan fingerprint density at radius 1 is 1.11 bits per heavy atom. The lowest BCUT2D eigenvalue weighted by Gasteiger charge is -2.17. The lowest BCUT2D eigenvalue weighted by molar-refractivity contribution is -0.128. The van der Waals surface area contributed by atoms with Crippen molar-refractivity contribution in [1.82, 2.24) is 24.9 Å². The Hall–Kier alpha value is -3.22. The highest BCUT2D eigenvalue weighted by atomic mass is 16.2. The molecule has 1 aliphatic rings. The zero-order valence-electron chi connectivity index (χ0n) is 16.0. The van der Waals surface area contributed by atoms with E-state index in [0.717, 1.165) is 38.0 Å². The van der Waals surface area contributed by atoms with Crippen LogP contribution in [0.4, 0.5) is 5.82 Å². The second kappa shape index (κ2) is 8.21. The van der Waals surface area contributed by atoms with Gasteiger partial charge in [-0.05, 0) is 49.9 Å². The van der Waals surface area contributed by atoms with Crippen LogP contribution in [0.3, 0.4) is 0 Å². The predicted octanol–water partition coefficient (Wildman–Crippen LogP) is 2.62. The van der Waals surface area contributed by atoms with E-state index in [1.54, 1.807) is 4.68 Å². The van der Waals surface area contributed by atoms with Crippen LogP contribution in [-0.4, -0.2) is 49.9 Å². The van der Waals surface area contributed by atoms with Crippen LogP contribution < -0.4 is 5.32 Å². The molecule has 1 unspecified atom stereocenters. The zero-order chi connectivity index (χ0) is 19.3. The first-order chi connectivity index (χ1) is 13.7. The minimum atomic E-state index is -0.233. The fourth-order valence-electron chi connectivity index (χ4n) is 3.46. The second-order valence-corrected chi connectivity index (χ2v) is 7.08. The van der Waals surface area contributed by atoms with Gasteiger partial charge in [-0.25, -0.2) is 4.68 Å². The second-order valence-electron chi connectivity index (χ2n) is 7.08. The van der Waals surface area contributed by atoms with Crippen molar-refractivity contribution in [2.45, 2.75) is 32.2 Å². The number of anilines is 1. The van der Waals surface area contributed by atoms with Crippen LogP contribution >= 0.6 is 0 Å². The van der Waals surface area contributed by atoms with Gasteiger partial charge >= 0.3 is 0 Å². The van der Waals surface area contributed by atoms with E-state index < -0.39 is 0 Å². The van der Waals surface area contributed by atoms with Crippen molar-refractivity contribution < 1.29 is 4.79 Å². The summed E-state index contributed by atoms with van der Waals surface area (Å²) in [7, 11) is 0. The van der Waals surface area contributed by atoms with Gasteiger partial charge in [-0.1, -0.05) is 30.3 Å². The summed E-state index contributed by atoms with van der Waals surface area (Å²) in [6.07, 6.45) is 4.59. The quantitative estimate of drug-likeness (QED) is 0.686. The summed E-state index contributed by atoms with van der Waals surface area (Å²) in [6.45, 7) is 3.50. The maximum Gasteiger partial charge on any atom is 0.245 e. The molecule has 28 heavy (non-hydrogen) atoms. The number of rotatable bonds is 7. The molecule has 1 aliphatic heterocycles. The number of aryl methyl sites for hydroxylation is 2. The van der Waals surface area contributed by atoms with Gasteiger partial charge in [0.25, 0.3) is 0 Å². The molecule has 1 saturated heterocycles. The molecule has 4 rings (SSSR count). The summed E-state index contributed by atoms with van der Waals surface area (Å²) < 4.78 is 1.68. The van der Waals surface area contributed by atoms with Crippen LogP contribution in [0.15, 0.2) is 54.7 Å². The summed E-state index contributed by atoms with van der Waals surface area (Å²) in [6, 6.07) is 15.7. The summed E-state index contributed by atoms with van der Waals surface area (Å²) in [4.78, 5) is 14.6. The van der Waals surface area contributed by atoms with Crippen molar-refractivity contribution in [3.8, 4) is 5.82 Å². The molecule has 1 amide bonds. The molecule has 0 bridgehead atoms. The Labute approximate surface area is 164 Å². The number of aromatic nitrogens is 4. The lowest BCUT2D eigenvalue weighted by Crippen LogP contribution is -2.34. The molecule has 0 aliphatic carbocycles. The number of hydrogen-bond acceptors (Lipinski definition) is 5. The standard InChI is InChI=1S/C21H24N6O/c1-16-11-15-27(25-16)20-10-9-19(23-24-20)22-18-12-14-26(21(18)28)13-5-8-17-6-3-2-4-7-17/h2-4,6-7,9-11,15,18H,5,8,12-14H2,1H3,(H,22,23). The molecule has 1 atom stereocenters. The maximum absolute atomic E-state index is 12.6. The first-order valence-electron chi connectivity index (χ1n) is 9.65. The molecular formula is C21H24N6O. The van der Waals surface area contributed by atoms with Crippen LogP contribution in [0, 0.1) is 6.92 Å². The average Bonchev–Trinajstić information content (AvgIpc) is 3.30. The largest absolute Gasteiger partial charge is 0.357 e. The van der Waals surface area contributed by atoms with E-state index in [0.29, 0.717) is 11.6 Å². The third-order valence-electron chi connectivity index (χ3n) is 4.96. The Balaban J connectivity index is 1.29. The van der Waals surface area contributed by atoms with E-state index in [9.17, 15) is 4.79 Å². The molecule has 0 saturated carbocycles. The fraction of sp³-hybridized carbons (Fsp3) is 0.333.